The summed E-state index contributed by atoms with van der Waals surface area (Å²) in [6.07, 6.45) is 6.90. The van der Waals surface area contributed by atoms with Gasteiger partial charge in [-0.25, -0.2) is 0 Å². The van der Waals surface area contributed by atoms with Gasteiger partial charge in [-0.3, -0.25) is 9.59 Å². The summed E-state index contributed by atoms with van der Waals surface area (Å²) in [5.41, 5.74) is 21.1. The van der Waals surface area contributed by atoms with Crippen LogP contribution in [-0.2, 0) is 9.59 Å². The summed E-state index contributed by atoms with van der Waals surface area (Å²) in [7, 11) is 0. The molecule has 4 unspecified atom stereocenters. The highest BCUT2D eigenvalue weighted by Crippen LogP contribution is 2.75. The molecule has 0 spiro atoms. The quantitative estimate of drug-likeness (QED) is 0.475. The Morgan fingerprint density at radius 1 is 0.923 bits per heavy atom. The van der Waals surface area contributed by atoms with Crippen LogP contribution in [0.5, 0.6) is 0 Å². The second-order valence-electron chi connectivity index (χ2n) is 12.9. The van der Waals surface area contributed by atoms with Crippen molar-refractivity contribution in [1.82, 2.24) is 9.80 Å². The molecule has 9 rings (SSSR count). The molecule has 0 aromatic carbocycles. The Hall–Kier alpha value is -2.03. The standard InChI is InChI=1S/C30H33ClN4O2S2/c1-14-9-38-25-18(32)5-20-17(22(14)25)3-4-34(20)27(36)29-11-30(12-29,13-29)28(37)35-8-16(7-31)24-21(35)6-19(33)26-23(24)15(2)10-39-26/h5-6,9-10,16,22-23,25-26H,3-4,7-8,11-13,32-33H2,1-2H3/t16-,22?,23?,25?,26?,29?,30?/m1/s1. The molecule has 204 valence electrons. The molecule has 4 heterocycles. The van der Waals surface area contributed by atoms with Crippen LogP contribution in [-0.4, -0.2) is 51.1 Å². The maximum atomic E-state index is 14.1. The Kier molecular flexibility index (Phi) is 5.10. The van der Waals surface area contributed by atoms with Gasteiger partial charge in [0.25, 0.3) is 0 Å². The van der Waals surface area contributed by atoms with Gasteiger partial charge in [-0.2, -0.15) is 0 Å². The van der Waals surface area contributed by atoms with E-state index in [-0.39, 0.29) is 34.2 Å². The maximum Gasteiger partial charge on any atom is 0.233 e. The average molecular weight is 581 g/mol. The molecule has 6 nitrogen and oxygen atoms in total. The summed E-state index contributed by atoms with van der Waals surface area (Å²) in [5, 5.41) is 4.90. The molecule has 9 aliphatic rings. The topological polar surface area (TPSA) is 92.7 Å². The molecule has 0 aromatic rings. The molecule has 2 amide bonds. The van der Waals surface area contributed by atoms with Gasteiger partial charge >= 0.3 is 0 Å². The molecule has 0 saturated heterocycles. The highest BCUT2D eigenvalue weighted by Gasteiger charge is 2.76. The van der Waals surface area contributed by atoms with Crippen LogP contribution in [0.15, 0.2) is 68.0 Å². The number of carbonyl (C=O) groups excluding carboxylic acids is 2. The molecule has 3 saturated carbocycles. The summed E-state index contributed by atoms with van der Waals surface area (Å²) < 4.78 is 0. The molecule has 4 aliphatic heterocycles. The molecule has 2 bridgehead atoms. The van der Waals surface area contributed by atoms with Gasteiger partial charge in [-0.1, -0.05) is 11.1 Å². The molecule has 39 heavy (non-hydrogen) atoms. The fourth-order valence-electron chi connectivity index (χ4n) is 8.88. The zero-order chi connectivity index (χ0) is 27.0. The maximum absolute atomic E-state index is 14.1. The van der Waals surface area contributed by atoms with Crippen LogP contribution in [0, 0.1) is 28.6 Å². The second kappa shape index (κ2) is 8.04. The highest BCUT2D eigenvalue weighted by molar-refractivity contribution is 8.03. The fraction of sp³-hybridized carbons (Fsp3) is 0.533. The number of nitrogens with zero attached hydrogens (tertiary/aromatic N) is 2. The zero-order valence-corrected chi connectivity index (χ0v) is 24.6. The number of fused-ring (bicyclic) bond motifs is 4. The lowest BCUT2D eigenvalue weighted by molar-refractivity contribution is -0.219. The fourth-order valence-corrected chi connectivity index (χ4v) is 11.7. The van der Waals surface area contributed by atoms with Gasteiger partial charge in [-0.15, -0.1) is 35.1 Å². The van der Waals surface area contributed by atoms with Crippen molar-refractivity contribution in [3.05, 3.63) is 68.0 Å². The van der Waals surface area contributed by atoms with E-state index in [1.54, 1.807) is 23.5 Å². The first-order chi connectivity index (χ1) is 18.7. The number of hydrogen-bond acceptors (Lipinski definition) is 6. The van der Waals surface area contributed by atoms with E-state index in [4.69, 9.17) is 23.1 Å². The van der Waals surface area contributed by atoms with E-state index in [0.717, 1.165) is 29.2 Å². The summed E-state index contributed by atoms with van der Waals surface area (Å²) in [6.45, 7) is 5.66. The summed E-state index contributed by atoms with van der Waals surface area (Å²) in [5.74, 6) is 1.51. The van der Waals surface area contributed by atoms with E-state index in [0.29, 0.717) is 44.1 Å². The monoisotopic (exact) mass is 580 g/mol. The smallest absolute Gasteiger partial charge is 0.233 e. The zero-order valence-electron chi connectivity index (χ0n) is 22.2. The van der Waals surface area contributed by atoms with Gasteiger partial charge in [0.15, 0.2) is 0 Å². The number of hydrogen-bond donors (Lipinski definition) is 2. The molecular weight excluding hydrogens is 548 g/mol. The van der Waals surface area contributed by atoms with Gasteiger partial charge in [-0.05, 0) is 73.6 Å². The first kappa shape index (κ1) is 24.7. The van der Waals surface area contributed by atoms with Gasteiger partial charge in [0.1, 0.15) is 0 Å². The minimum Gasteiger partial charge on any atom is -0.401 e. The predicted molar refractivity (Wildman–Crippen MR) is 157 cm³/mol. The van der Waals surface area contributed by atoms with Crippen molar-refractivity contribution in [1.29, 1.82) is 0 Å². The number of nitrogens with two attached hydrogens (primary N) is 2. The summed E-state index contributed by atoms with van der Waals surface area (Å²) >= 11 is 10.0. The van der Waals surface area contributed by atoms with Crippen LogP contribution >= 0.6 is 35.1 Å². The normalized spacial score (nSPS) is 41.2. The van der Waals surface area contributed by atoms with Crippen molar-refractivity contribution in [2.24, 2.45) is 40.1 Å². The number of halogens is 1. The SMILES string of the molecule is CC1=CSC2C(N)=CC3=C(CCN3C(=O)C34CC(C(=O)N5C[C@@H](CCl)C6=C5C=C(N)C5SC=C(C)C65)(C3)C4)C12. The highest BCUT2D eigenvalue weighted by atomic mass is 35.5. The molecule has 9 heteroatoms. The minimum absolute atomic E-state index is 0.140. The Morgan fingerprint density at radius 2 is 1.49 bits per heavy atom. The predicted octanol–water partition coefficient (Wildman–Crippen LogP) is 4.58. The molecule has 3 fully saturated rings. The summed E-state index contributed by atoms with van der Waals surface area (Å²) in [4.78, 5) is 32.0. The third-order valence-electron chi connectivity index (χ3n) is 10.6. The van der Waals surface area contributed by atoms with Crippen LogP contribution in [0.2, 0.25) is 0 Å². The first-order valence-corrected chi connectivity index (χ1v) is 16.4. The molecule has 4 N–H and O–H groups in total. The number of amides is 2. The third kappa shape index (κ3) is 3.03. The Morgan fingerprint density at radius 3 is 2.13 bits per heavy atom. The lowest BCUT2D eigenvalue weighted by Gasteiger charge is -2.69. The molecule has 0 radical (unpaired) electrons. The van der Waals surface area contributed by atoms with Crippen molar-refractivity contribution >= 4 is 46.9 Å². The first-order valence-electron chi connectivity index (χ1n) is 13.9. The van der Waals surface area contributed by atoms with Crippen molar-refractivity contribution < 1.29 is 9.59 Å². The van der Waals surface area contributed by atoms with Crippen molar-refractivity contribution in [3.8, 4) is 0 Å². The Bertz CT molecular complexity index is 1430. The number of carbonyl (C=O) groups is 2. The second-order valence-corrected chi connectivity index (χ2v) is 15.2. The minimum atomic E-state index is -0.436. The van der Waals surface area contributed by atoms with E-state index in [1.165, 1.54) is 22.3 Å². The third-order valence-corrected chi connectivity index (χ3v) is 13.7. The van der Waals surface area contributed by atoms with E-state index < -0.39 is 10.8 Å². The molecule has 5 atom stereocenters. The largest absolute Gasteiger partial charge is 0.401 e. The lowest BCUT2D eigenvalue weighted by atomic mass is 9.34. The number of allylic oxidation sites excluding steroid dienone is 4. The van der Waals surface area contributed by atoms with Crippen LogP contribution in [0.1, 0.15) is 39.5 Å². The molecule has 0 aromatic heterocycles. The number of thioether (sulfide) groups is 2. The van der Waals surface area contributed by atoms with Gasteiger partial charge in [0.2, 0.25) is 11.8 Å². The van der Waals surface area contributed by atoms with E-state index in [1.807, 2.05) is 22.0 Å². The van der Waals surface area contributed by atoms with Gasteiger partial charge in [0.05, 0.1) is 21.3 Å². The molecule has 5 aliphatic carbocycles. The van der Waals surface area contributed by atoms with Crippen LogP contribution in [0.4, 0.5) is 0 Å². The number of rotatable bonds is 3. The van der Waals surface area contributed by atoms with Crippen LogP contribution in [0.3, 0.4) is 0 Å². The van der Waals surface area contributed by atoms with Crippen LogP contribution in [0.25, 0.3) is 0 Å². The van der Waals surface area contributed by atoms with Crippen molar-refractivity contribution in [2.75, 3.05) is 19.0 Å². The van der Waals surface area contributed by atoms with Crippen molar-refractivity contribution in [2.45, 2.75) is 50.0 Å². The lowest BCUT2D eigenvalue weighted by Crippen LogP contribution is -2.72. The van der Waals surface area contributed by atoms with Crippen molar-refractivity contribution in [3.63, 3.8) is 0 Å². The number of alkyl halides is 1. The Balaban J connectivity index is 1.03. The van der Waals surface area contributed by atoms with Gasteiger partial charge < -0.3 is 21.3 Å². The van der Waals surface area contributed by atoms with E-state index in [2.05, 4.69) is 24.7 Å². The van der Waals surface area contributed by atoms with Crippen LogP contribution < -0.4 is 11.5 Å². The molecular formula is C30H33ClN4O2S2. The summed E-state index contributed by atoms with van der Waals surface area (Å²) in [6, 6.07) is 0. The van der Waals surface area contributed by atoms with E-state index in [9.17, 15) is 9.59 Å². The van der Waals surface area contributed by atoms with Gasteiger partial charge in [0, 0.05) is 59.5 Å². The Labute approximate surface area is 242 Å². The van der Waals surface area contributed by atoms with E-state index >= 15 is 0 Å². The average Bonchev–Trinajstić information content (AvgIpc) is 3.62.